The first kappa shape index (κ1) is 18.1. The maximum absolute atomic E-state index is 5.93. The van der Waals surface area contributed by atoms with Crippen molar-refractivity contribution in [3.05, 3.63) is 41.4 Å². The lowest BCUT2D eigenvalue weighted by atomic mass is 10.2. The lowest BCUT2D eigenvalue weighted by molar-refractivity contribution is 0.243. The number of aromatic nitrogens is 3. The Morgan fingerprint density at radius 1 is 1.04 bits per heavy atom. The van der Waals surface area contributed by atoms with E-state index < -0.39 is 0 Å². The molecule has 7 nitrogen and oxygen atoms in total. The van der Waals surface area contributed by atoms with E-state index in [-0.39, 0.29) is 0 Å². The summed E-state index contributed by atoms with van der Waals surface area (Å²) in [5.74, 6) is 2.43. The lowest BCUT2D eigenvalue weighted by Crippen LogP contribution is -2.46. The molecule has 1 aliphatic rings. The van der Waals surface area contributed by atoms with E-state index in [0.29, 0.717) is 5.89 Å². The monoisotopic (exact) mass is 385 g/mol. The highest BCUT2D eigenvalue weighted by Gasteiger charge is 2.23. The molecule has 142 valence electrons. The molecule has 3 heterocycles. The molecule has 1 fully saturated rings. The molecule has 0 spiro atoms. The summed E-state index contributed by atoms with van der Waals surface area (Å²) >= 11 is 1.73. The van der Waals surface area contributed by atoms with Crippen LogP contribution in [0.25, 0.3) is 11.5 Å². The molecular weight excluding hydrogens is 362 g/mol. The van der Waals surface area contributed by atoms with Gasteiger partial charge in [-0.2, -0.15) is 0 Å². The van der Waals surface area contributed by atoms with Crippen molar-refractivity contribution in [2.24, 2.45) is 0 Å². The number of thioether (sulfide) groups is 1. The molecule has 0 radical (unpaired) electrons. The first-order valence-corrected chi connectivity index (χ1v) is 10.2. The summed E-state index contributed by atoms with van der Waals surface area (Å²) in [6.07, 6.45) is 2.07. The van der Waals surface area contributed by atoms with Crippen LogP contribution in [0, 0.1) is 13.8 Å². The van der Waals surface area contributed by atoms with Crippen LogP contribution in [0.2, 0.25) is 0 Å². The van der Waals surface area contributed by atoms with Crippen molar-refractivity contribution >= 4 is 17.6 Å². The standard InChI is InChI=1S/C19H23N5O2S/c1-13-18(22-26-21-13)24-10-8-23(9-11-24)12-17-14(2)25-19(20-17)15-4-6-16(27-3)7-5-15/h4-7H,8-12H2,1-3H3. The molecule has 4 rings (SSSR count). The number of oxazole rings is 1. The number of piperazine rings is 1. The Labute approximate surface area is 162 Å². The molecule has 1 aliphatic heterocycles. The average Bonchev–Trinajstić information content (AvgIpc) is 3.28. The van der Waals surface area contributed by atoms with E-state index in [2.05, 4.69) is 50.6 Å². The van der Waals surface area contributed by atoms with Crippen LogP contribution in [0.1, 0.15) is 17.1 Å². The van der Waals surface area contributed by atoms with Gasteiger partial charge in [-0.15, -0.1) is 11.8 Å². The van der Waals surface area contributed by atoms with E-state index >= 15 is 0 Å². The van der Waals surface area contributed by atoms with Crippen molar-refractivity contribution in [1.29, 1.82) is 0 Å². The highest BCUT2D eigenvalue weighted by atomic mass is 32.2. The van der Waals surface area contributed by atoms with E-state index in [9.17, 15) is 0 Å². The predicted octanol–water partition coefficient (Wildman–Crippen LogP) is 3.39. The second-order valence-corrected chi connectivity index (χ2v) is 7.57. The summed E-state index contributed by atoms with van der Waals surface area (Å²) in [6.45, 7) is 8.38. The molecule has 0 bridgehead atoms. The minimum Gasteiger partial charge on any atom is -0.441 e. The van der Waals surface area contributed by atoms with Gasteiger partial charge in [-0.1, -0.05) is 5.16 Å². The number of hydrogen-bond acceptors (Lipinski definition) is 8. The second kappa shape index (κ2) is 7.74. The number of benzene rings is 1. The number of aryl methyl sites for hydroxylation is 2. The van der Waals surface area contributed by atoms with Crippen LogP contribution < -0.4 is 4.90 Å². The van der Waals surface area contributed by atoms with Crippen LogP contribution >= 0.6 is 11.8 Å². The molecule has 0 unspecified atom stereocenters. The SMILES string of the molecule is CSc1ccc(-c2nc(CN3CCN(c4nonc4C)CC3)c(C)o2)cc1. The molecule has 27 heavy (non-hydrogen) atoms. The lowest BCUT2D eigenvalue weighted by Gasteiger charge is -2.34. The van der Waals surface area contributed by atoms with E-state index in [1.54, 1.807) is 11.8 Å². The van der Waals surface area contributed by atoms with Crippen LogP contribution in [0.15, 0.2) is 38.2 Å². The third kappa shape index (κ3) is 3.86. The van der Waals surface area contributed by atoms with Gasteiger partial charge in [0.25, 0.3) is 0 Å². The van der Waals surface area contributed by atoms with Gasteiger partial charge in [-0.25, -0.2) is 9.61 Å². The molecule has 2 aromatic heterocycles. The first-order valence-electron chi connectivity index (χ1n) is 9.01. The number of hydrogen-bond donors (Lipinski definition) is 0. The van der Waals surface area contributed by atoms with Crippen LogP contribution in [0.3, 0.4) is 0 Å². The van der Waals surface area contributed by atoms with Gasteiger partial charge >= 0.3 is 0 Å². The Hall–Kier alpha value is -2.32. The van der Waals surface area contributed by atoms with Gasteiger partial charge in [0.15, 0.2) is 5.82 Å². The highest BCUT2D eigenvalue weighted by Crippen LogP contribution is 2.25. The first-order chi connectivity index (χ1) is 13.1. The van der Waals surface area contributed by atoms with Crippen LogP contribution in [0.5, 0.6) is 0 Å². The Bertz CT molecular complexity index is 897. The highest BCUT2D eigenvalue weighted by molar-refractivity contribution is 7.98. The molecule has 0 aliphatic carbocycles. The van der Waals surface area contributed by atoms with Gasteiger partial charge in [0.1, 0.15) is 11.5 Å². The summed E-state index contributed by atoms with van der Waals surface area (Å²) in [5, 5.41) is 7.87. The maximum atomic E-state index is 5.93. The van der Waals surface area contributed by atoms with Crippen molar-refractivity contribution in [3.8, 4) is 11.5 Å². The summed E-state index contributed by atoms with van der Waals surface area (Å²) in [6, 6.07) is 8.32. The Morgan fingerprint density at radius 3 is 2.41 bits per heavy atom. The number of anilines is 1. The van der Waals surface area contributed by atoms with E-state index in [1.165, 1.54) is 4.90 Å². The minimum atomic E-state index is 0.693. The van der Waals surface area contributed by atoms with Gasteiger partial charge in [0, 0.05) is 43.2 Å². The third-order valence-electron chi connectivity index (χ3n) is 4.90. The van der Waals surface area contributed by atoms with Crippen LogP contribution in [0.4, 0.5) is 5.82 Å². The fourth-order valence-corrected chi connectivity index (χ4v) is 3.68. The fourth-order valence-electron chi connectivity index (χ4n) is 3.28. The van der Waals surface area contributed by atoms with Gasteiger partial charge in [0.05, 0.1) is 5.69 Å². The van der Waals surface area contributed by atoms with Crippen LogP contribution in [-0.2, 0) is 6.54 Å². The molecule has 0 atom stereocenters. The Morgan fingerprint density at radius 2 is 1.78 bits per heavy atom. The number of rotatable bonds is 5. The summed E-state index contributed by atoms with van der Waals surface area (Å²) in [4.78, 5) is 10.6. The zero-order valence-electron chi connectivity index (χ0n) is 15.8. The summed E-state index contributed by atoms with van der Waals surface area (Å²) in [7, 11) is 0. The van der Waals surface area contributed by atoms with Crippen molar-refractivity contribution in [2.45, 2.75) is 25.3 Å². The molecule has 1 aromatic carbocycles. The summed E-state index contributed by atoms with van der Waals surface area (Å²) in [5.41, 5.74) is 2.86. The van der Waals surface area contributed by atoms with Crippen LogP contribution in [-0.4, -0.2) is 52.6 Å². The van der Waals surface area contributed by atoms with Gasteiger partial charge in [-0.05, 0) is 49.5 Å². The zero-order valence-corrected chi connectivity index (χ0v) is 16.6. The fraction of sp³-hybridized carbons (Fsp3) is 0.421. The smallest absolute Gasteiger partial charge is 0.226 e. The normalized spacial score (nSPS) is 15.4. The molecule has 0 saturated carbocycles. The Balaban J connectivity index is 1.40. The van der Waals surface area contributed by atoms with Crippen molar-refractivity contribution < 1.29 is 9.05 Å². The van der Waals surface area contributed by atoms with Gasteiger partial charge in [0.2, 0.25) is 5.89 Å². The third-order valence-corrected chi connectivity index (χ3v) is 5.65. The number of nitrogens with zero attached hydrogens (tertiary/aromatic N) is 5. The van der Waals surface area contributed by atoms with Crippen molar-refractivity contribution in [2.75, 3.05) is 37.3 Å². The molecular formula is C19H23N5O2S. The molecule has 1 saturated heterocycles. The van der Waals surface area contributed by atoms with Gasteiger partial charge in [-0.3, -0.25) is 4.90 Å². The van der Waals surface area contributed by atoms with E-state index in [4.69, 9.17) is 14.0 Å². The molecule has 0 N–H and O–H groups in total. The maximum Gasteiger partial charge on any atom is 0.226 e. The minimum absolute atomic E-state index is 0.693. The van der Waals surface area contributed by atoms with E-state index in [1.807, 2.05) is 13.8 Å². The molecule has 8 heteroatoms. The largest absolute Gasteiger partial charge is 0.441 e. The van der Waals surface area contributed by atoms with Crippen molar-refractivity contribution in [1.82, 2.24) is 20.2 Å². The average molecular weight is 385 g/mol. The Kier molecular flexibility index (Phi) is 5.18. The molecule has 3 aromatic rings. The zero-order chi connectivity index (χ0) is 18.8. The van der Waals surface area contributed by atoms with Gasteiger partial charge < -0.3 is 9.32 Å². The topological polar surface area (TPSA) is 71.4 Å². The molecule has 0 amide bonds. The second-order valence-electron chi connectivity index (χ2n) is 6.69. The summed E-state index contributed by atoms with van der Waals surface area (Å²) < 4.78 is 10.7. The predicted molar refractivity (Wildman–Crippen MR) is 105 cm³/mol. The van der Waals surface area contributed by atoms with Crippen molar-refractivity contribution in [3.63, 3.8) is 0 Å². The van der Waals surface area contributed by atoms with E-state index in [0.717, 1.165) is 61.3 Å². The quantitative estimate of drug-likeness (QED) is 0.619.